The van der Waals surface area contributed by atoms with Gasteiger partial charge in [-0.05, 0) is 26.0 Å². The quantitative estimate of drug-likeness (QED) is 0.281. The minimum Gasteiger partial charge on any atom is -0.479 e. The van der Waals surface area contributed by atoms with Gasteiger partial charge in [-0.3, -0.25) is 4.57 Å². The lowest BCUT2D eigenvalue weighted by atomic mass is 10.1. The van der Waals surface area contributed by atoms with Gasteiger partial charge < -0.3 is 4.74 Å². The molecule has 38 heavy (non-hydrogen) atoms. The molecule has 5 aromatic rings. The number of aromatic nitrogens is 9. The lowest BCUT2D eigenvalue weighted by Crippen LogP contribution is -2.27. The maximum atomic E-state index is 13.7. The Morgan fingerprint density at radius 2 is 1.82 bits per heavy atom. The summed E-state index contributed by atoms with van der Waals surface area (Å²) in [6.45, 7) is 5.17. The fourth-order valence-electron chi connectivity index (χ4n) is 4.17. The zero-order valence-corrected chi connectivity index (χ0v) is 22.6. The average Bonchev–Trinajstić information content (AvgIpc) is 3.51. The van der Waals surface area contributed by atoms with E-state index in [9.17, 15) is 8.42 Å². The SMILES string of the molecule is COc1ncnc(C)c1-n1c(CS(=O)(=O)[C@@H](C)[C@H](C)c2ncc(Cl)cn2)nnc1-c1cnn2ccccc12. The Morgan fingerprint density at radius 3 is 2.55 bits per heavy atom. The van der Waals surface area contributed by atoms with Gasteiger partial charge >= 0.3 is 0 Å². The van der Waals surface area contributed by atoms with Crippen LogP contribution >= 0.6 is 11.6 Å². The van der Waals surface area contributed by atoms with Gasteiger partial charge in [-0.1, -0.05) is 24.6 Å². The van der Waals surface area contributed by atoms with E-state index in [1.165, 1.54) is 25.8 Å². The van der Waals surface area contributed by atoms with Crippen molar-refractivity contribution < 1.29 is 13.2 Å². The highest BCUT2D eigenvalue weighted by Crippen LogP contribution is 2.33. The van der Waals surface area contributed by atoms with Crippen molar-refractivity contribution in [3.63, 3.8) is 0 Å². The van der Waals surface area contributed by atoms with Crippen molar-refractivity contribution >= 4 is 27.0 Å². The van der Waals surface area contributed by atoms with Crippen molar-refractivity contribution in [2.45, 2.75) is 37.7 Å². The standard InChI is InChI=1S/C24H24ClN9O3S/c1-14(22-26-9-17(25)10-27-22)16(3)38(35,36)12-20-31-32-23(18-11-30-33-8-6-5-7-19(18)33)34(20)21-15(2)28-13-29-24(21)37-4/h5-11,13-14,16H,12H2,1-4H3/t14-,16-/m0/s1. The van der Waals surface area contributed by atoms with E-state index in [4.69, 9.17) is 16.3 Å². The third-order valence-electron chi connectivity index (χ3n) is 6.43. The van der Waals surface area contributed by atoms with E-state index in [1.54, 1.807) is 36.1 Å². The van der Waals surface area contributed by atoms with Crippen molar-refractivity contribution in [1.29, 1.82) is 0 Å². The Bertz CT molecular complexity index is 1720. The van der Waals surface area contributed by atoms with E-state index in [0.717, 1.165) is 5.52 Å². The molecule has 0 aliphatic heterocycles. The van der Waals surface area contributed by atoms with Crippen LogP contribution in [-0.4, -0.2) is 65.1 Å². The minimum atomic E-state index is -3.77. The number of pyridine rings is 1. The molecule has 5 heterocycles. The number of aryl methyl sites for hydroxylation is 1. The van der Waals surface area contributed by atoms with E-state index in [1.807, 2.05) is 24.4 Å². The molecule has 0 amide bonds. The number of ether oxygens (including phenoxy) is 1. The monoisotopic (exact) mass is 553 g/mol. The summed E-state index contributed by atoms with van der Waals surface area (Å²) < 4.78 is 36.2. The molecule has 0 aliphatic carbocycles. The van der Waals surface area contributed by atoms with E-state index < -0.39 is 26.8 Å². The van der Waals surface area contributed by atoms with Crippen LogP contribution < -0.4 is 4.74 Å². The summed E-state index contributed by atoms with van der Waals surface area (Å²) in [5, 5.41) is 12.7. The first-order valence-corrected chi connectivity index (χ1v) is 13.7. The number of fused-ring (bicyclic) bond motifs is 1. The summed E-state index contributed by atoms with van der Waals surface area (Å²) in [5.41, 5.74) is 2.43. The summed E-state index contributed by atoms with van der Waals surface area (Å²) in [4.78, 5) is 17.0. The second-order valence-corrected chi connectivity index (χ2v) is 11.5. The maximum absolute atomic E-state index is 13.7. The molecule has 196 valence electrons. The highest BCUT2D eigenvalue weighted by atomic mass is 35.5. The molecule has 2 atom stereocenters. The third kappa shape index (κ3) is 4.58. The number of nitrogens with zero attached hydrogens (tertiary/aromatic N) is 9. The molecule has 0 spiro atoms. The lowest BCUT2D eigenvalue weighted by molar-refractivity contribution is 0.394. The van der Waals surface area contributed by atoms with Gasteiger partial charge in [0.25, 0.3) is 0 Å². The van der Waals surface area contributed by atoms with Crippen molar-refractivity contribution in [2.75, 3.05) is 7.11 Å². The summed E-state index contributed by atoms with van der Waals surface area (Å²) in [6, 6.07) is 5.63. The molecule has 0 bridgehead atoms. The fourth-order valence-corrected chi connectivity index (χ4v) is 5.82. The van der Waals surface area contributed by atoms with Gasteiger partial charge in [-0.2, -0.15) is 10.1 Å². The molecule has 0 saturated carbocycles. The smallest absolute Gasteiger partial charge is 0.241 e. The Hall–Kier alpha value is -3.97. The summed E-state index contributed by atoms with van der Waals surface area (Å²) >= 11 is 5.90. The van der Waals surface area contributed by atoms with Gasteiger partial charge in [-0.15, -0.1) is 10.2 Å². The predicted molar refractivity (Wildman–Crippen MR) is 140 cm³/mol. The second-order valence-electron chi connectivity index (χ2n) is 8.74. The molecule has 14 heteroatoms. The molecule has 12 nitrogen and oxygen atoms in total. The first-order valence-electron chi connectivity index (χ1n) is 11.6. The molecule has 0 radical (unpaired) electrons. The first kappa shape index (κ1) is 25.7. The molecule has 0 aliphatic rings. The summed E-state index contributed by atoms with van der Waals surface area (Å²) in [7, 11) is -2.29. The Kier molecular flexibility index (Phi) is 6.80. The van der Waals surface area contributed by atoms with Gasteiger partial charge in [0.05, 0.1) is 40.4 Å². The average molecular weight is 554 g/mol. The largest absolute Gasteiger partial charge is 0.479 e. The van der Waals surface area contributed by atoms with Crippen LogP contribution in [0.2, 0.25) is 5.02 Å². The fraction of sp³-hybridized carbons (Fsp3) is 0.292. The number of halogens is 1. The number of sulfone groups is 1. The van der Waals surface area contributed by atoms with Crippen molar-refractivity contribution in [1.82, 2.24) is 44.3 Å². The number of hydrogen-bond acceptors (Lipinski definition) is 10. The van der Waals surface area contributed by atoms with Gasteiger partial charge in [-0.25, -0.2) is 27.9 Å². The van der Waals surface area contributed by atoms with E-state index in [0.29, 0.717) is 33.6 Å². The summed E-state index contributed by atoms with van der Waals surface area (Å²) in [6.07, 6.45) is 7.74. The second kappa shape index (κ2) is 10.1. The molecule has 5 aromatic heterocycles. The van der Waals surface area contributed by atoms with Gasteiger partial charge in [0, 0.05) is 24.5 Å². The molecule has 0 fully saturated rings. The van der Waals surface area contributed by atoms with Crippen molar-refractivity contribution in [2.24, 2.45) is 0 Å². The topological polar surface area (TPSA) is 143 Å². The van der Waals surface area contributed by atoms with Gasteiger partial charge in [0.15, 0.2) is 21.5 Å². The Labute approximate surface area is 223 Å². The molecule has 0 saturated heterocycles. The van der Waals surface area contributed by atoms with Crippen LogP contribution in [0.1, 0.15) is 37.1 Å². The van der Waals surface area contributed by atoms with Crippen LogP contribution in [-0.2, 0) is 15.6 Å². The van der Waals surface area contributed by atoms with Gasteiger partial charge in [0.1, 0.15) is 23.6 Å². The minimum absolute atomic E-state index is 0.183. The third-order valence-corrected chi connectivity index (χ3v) is 8.83. The predicted octanol–water partition coefficient (Wildman–Crippen LogP) is 3.24. The molecular weight excluding hydrogens is 530 g/mol. The van der Waals surface area contributed by atoms with Crippen LogP contribution in [0.5, 0.6) is 5.88 Å². The lowest BCUT2D eigenvalue weighted by Gasteiger charge is -2.20. The molecule has 0 unspecified atom stereocenters. The van der Waals surface area contributed by atoms with Crippen LogP contribution in [0.4, 0.5) is 0 Å². The Morgan fingerprint density at radius 1 is 1.05 bits per heavy atom. The molecule has 5 rings (SSSR count). The van der Waals surface area contributed by atoms with Crippen molar-refractivity contribution in [3.8, 4) is 23.0 Å². The van der Waals surface area contributed by atoms with E-state index in [-0.39, 0.29) is 11.7 Å². The first-order chi connectivity index (χ1) is 18.2. The van der Waals surface area contributed by atoms with Crippen LogP contribution in [0, 0.1) is 6.92 Å². The zero-order chi connectivity index (χ0) is 27.0. The highest BCUT2D eigenvalue weighted by Gasteiger charge is 2.33. The van der Waals surface area contributed by atoms with E-state index in [2.05, 4.69) is 35.2 Å². The molecular formula is C24H24ClN9O3S. The van der Waals surface area contributed by atoms with E-state index >= 15 is 0 Å². The maximum Gasteiger partial charge on any atom is 0.241 e. The van der Waals surface area contributed by atoms with Crippen LogP contribution in [0.15, 0.2) is 49.3 Å². The highest BCUT2D eigenvalue weighted by molar-refractivity contribution is 7.91. The Balaban J connectivity index is 1.63. The molecule has 0 N–H and O–H groups in total. The zero-order valence-electron chi connectivity index (χ0n) is 21.0. The summed E-state index contributed by atoms with van der Waals surface area (Å²) in [5.74, 6) is 0.300. The normalized spacial score (nSPS) is 13.5. The van der Waals surface area contributed by atoms with Crippen LogP contribution in [0.25, 0.3) is 22.6 Å². The van der Waals surface area contributed by atoms with Gasteiger partial charge in [0.2, 0.25) is 5.88 Å². The van der Waals surface area contributed by atoms with Crippen molar-refractivity contribution in [3.05, 3.63) is 71.7 Å². The van der Waals surface area contributed by atoms with Crippen LogP contribution in [0.3, 0.4) is 0 Å². The number of hydrogen-bond donors (Lipinski definition) is 0. The number of methoxy groups -OCH3 is 1. The molecule has 0 aromatic carbocycles. The number of rotatable bonds is 8.